The molecule has 2 nitrogen and oxygen atoms in total. The molecule has 0 aromatic rings. The Morgan fingerprint density at radius 2 is 1.55 bits per heavy atom. The summed E-state index contributed by atoms with van der Waals surface area (Å²) < 4.78 is 0. The largest absolute Gasteiger partial charge is 0.390 e. The number of aliphatic hydroxyl groups is 2. The first kappa shape index (κ1) is 22.2. The number of hydrogen-bond acceptors (Lipinski definition) is 2. The second-order valence-electron chi connectivity index (χ2n) is 14.2. The summed E-state index contributed by atoms with van der Waals surface area (Å²) in [7, 11) is 0. The van der Waals surface area contributed by atoms with Gasteiger partial charge in [0.25, 0.3) is 0 Å². The summed E-state index contributed by atoms with van der Waals surface area (Å²) in [5.41, 5.74) is 4.16. The molecule has 0 saturated heterocycles. The van der Waals surface area contributed by atoms with Gasteiger partial charge in [-0.2, -0.15) is 0 Å². The first-order valence-corrected chi connectivity index (χ1v) is 13.0. The van der Waals surface area contributed by atoms with Gasteiger partial charge in [-0.25, -0.2) is 0 Å². The first-order valence-electron chi connectivity index (χ1n) is 13.0. The predicted molar refractivity (Wildman–Crippen MR) is 127 cm³/mol. The minimum atomic E-state index is -0.743. The fourth-order valence-electron chi connectivity index (χ4n) is 9.79. The van der Waals surface area contributed by atoms with Crippen molar-refractivity contribution in [1.82, 2.24) is 0 Å². The van der Waals surface area contributed by atoms with E-state index in [2.05, 4.69) is 54.2 Å². The molecule has 0 aromatic heterocycles. The number of hydrogen-bond donors (Lipinski definition) is 2. The van der Waals surface area contributed by atoms with Crippen molar-refractivity contribution in [3.63, 3.8) is 0 Å². The summed E-state index contributed by atoms with van der Waals surface area (Å²) in [6, 6.07) is 0. The molecule has 5 rings (SSSR count). The maximum Gasteiger partial charge on any atom is 0.101 e. The van der Waals surface area contributed by atoms with Crippen LogP contribution >= 0.6 is 0 Å². The van der Waals surface area contributed by atoms with Gasteiger partial charge in [0.05, 0.1) is 6.10 Å². The third kappa shape index (κ3) is 2.76. The molecule has 5 aliphatic rings. The van der Waals surface area contributed by atoms with Crippen LogP contribution in [0.4, 0.5) is 0 Å². The highest BCUT2D eigenvalue weighted by Gasteiger charge is 2.66. The Morgan fingerprint density at radius 1 is 0.871 bits per heavy atom. The average Bonchev–Trinajstić information content (AvgIpc) is 2.68. The number of allylic oxidation sites excluding steroid dienone is 2. The Labute approximate surface area is 190 Å². The molecule has 2 heteroatoms. The lowest BCUT2D eigenvalue weighted by Crippen LogP contribution is -2.63. The molecule has 0 heterocycles. The molecule has 0 radical (unpaired) electrons. The van der Waals surface area contributed by atoms with Gasteiger partial charge in [0.2, 0.25) is 0 Å². The highest BCUT2D eigenvalue weighted by atomic mass is 16.3. The van der Waals surface area contributed by atoms with Crippen molar-refractivity contribution in [3.05, 3.63) is 23.8 Å². The van der Waals surface area contributed by atoms with Crippen molar-refractivity contribution < 1.29 is 10.2 Å². The number of aliphatic hydroxyl groups excluding tert-OH is 2. The van der Waals surface area contributed by atoms with Crippen LogP contribution in [0.15, 0.2) is 23.8 Å². The molecule has 9 atom stereocenters. The lowest BCUT2D eigenvalue weighted by atomic mass is 9.35. The van der Waals surface area contributed by atoms with E-state index in [9.17, 15) is 10.2 Å². The van der Waals surface area contributed by atoms with Gasteiger partial charge < -0.3 is 10.2 Å². The third-order valence-corrected chi connectivity index (χ3v) is 12.2. The normalized spacial score (nSPS) is 55.9. The van der Waals surface area contributed by atoms with E-state index in [-0.39, 0.29) is 16.2 Å². The van der Waals surface area contributed by atoms with E-state index in [0.29, 0.717) is 29.1 Å². The van der Waals surface area contributed by atoms with E-state index in [1.807, 2.05) is 0 Å². The van der Waals surface area contributed by atoms with Gasteiger partial charge in [-0.1, -0.05) is 59.8 Å². The van der Waals surface area contributed by atoms with Gasteiger partial charge in [0, 0.05) is 0 Å². The van der Waals surface area contributed by atoms with Crippen LogP contribution in [-0.2, 0) is 0 Å². The highest BCUT2D eigenvalue weighted by molar-refractivity contribution is 5.34. The van der Waals surface area contributed by atoms with Crippen molar-refractivity contribution in [1.29, 1.82) is 0 Å². The van der Waals surface area contributed by atoms with Crippen LogP contribution in [0.3, 0.4) is 0 Å². The van der Waals surface area contributed by atoms with Crippen LogP contribution in [0.25, 0.3) is 0 Å². The molecule has 2 N–H and O–H groups in total. The van der Waals surface area contributed by atoms with E-state index in [1.54, 1.807) is 5.57 Å². The van der Waals surface area contributed by atoms with Crippen molar-refractivity contribution in [2.24, 2.45) is 44.8 Å². The van der Waals surface area contributed by atoms with Crippen molar-refractivity contribution >= 4 is 0 Å². The van der Waals surface area contributed by atoms with E-state index in [0.717, 1.165) is 24.3 Å². The molecular weight excluding hydrogens is 380 g/mol. The SMILES string of the molecule is C=C1[C@@H](O)[C@H](O)C[C@]2(C)[C@H]3CC=C4[C@@H]5CC(C)(C)CC[C@]5(C)CC[C@@]4(C)[C@]3(C)CC[C@@H]12. The zero-order valence-corrected chi connectivity index (χ0v) is 20.9. The molecule has 4 saturated carbocycles. The second kappa shape index (κ2) is 6.50. The van der Waals surface area contributed by atoms with Crippen LogP contribution in [0.5, 0.6) is 0 Å². The van der Waals surface area contributed by atoms with E-state index in [4.69, 9.17) is 0 Å². The van der Waals surface area contributed by atoms with Crippen molar-refractivity contribution in [2.45, 2.75) is 112 Å². The van der Waals surface area contributed by atoms with E-state index >= 15 is 0 Å². The molecule has 5 aliphatic carbocycles. The summed E-state index contributed by atoms with van der Waals surface area (Å²) in [6.45, 7) is 19.5. The summed E-state index contributed by atoms with van der Waals surface area (Å²) in [5.74, 6) is 1.62. The Morgan fingerprint density at radius 3 is 2.26 bits per heavy atom. The molecule has 174 valence electrons. The van der Waals surface area contributed by atoms with Crippen LogP contribution in [0.1, 0.15) is 99.3 Å². The van der Waals surface area contributed by atoms with Crippen LogP contribution in [0.2, 0.25) is 0 Å². The summed E-state index contributed by atoms with van der Waals surface area (Å²) >= 11 is 0. The van der Waals surface area contributed by atoms with E-state index in [1.165, 1.54) is 38.5 Å². The molecule has 0 aliphatic heterocycles. The lowest BCUT2D eigenvalue weighted by molar-refractivity contribution is -0.167. The van der Waals surface area contributed by atoms with E-state index < -0.39 is 12.2 Å². The Kier molecular flexibility index (Phi) is 4.66. The fraction of sp³-hybridized carbons (Fsp3) is 0.862. The topological polar surface area (TPSA) is 40.5 Å². The lowest BCUT2D eigenvalue weighted by Gasteiger charge is -2.70. The predicted octanol–water partition coefficient (Wildman–Crippen LogP) is 6.67. The molecule has 0 unspecified atom stereocenters. The molecule has 31 heavy (non-hydrogen) atoms. The third-order valence-electron chi connectivity index (χ3n) is 12.2. The van der Waals surface area contributed by atoms with Crippen LogP contribution < -0.4 is 0 Å². The standard InChI is InChI=1S/C29H46O2/c1-18-19-10-11-29(7)23(27(19,5)17-22(30)24(18)31)9-8-20-21-16-25(2,3)12-13-26(21,4)14-15-28(20,29)6/h8,19,21-24,30-31H,1,9-17H2,2-7H3/t19-,21-,22+,23+,24+,26+,27-,28+,29+/m0/s1. The van der Waals surface area contributed by atoms with Crippen LogP contribution in [-0.4, -0.2) is 22.4 Å². The zero-order chi connectivity index (χ0) is 22.6. The van der Waals surface area contributed by atoms with Gasteiger partial charge in [0.1, 0.15) is 6.10 Å². The van der Waals surface area contributed by atoms with Gasteiger partial charge in [-0.3, -0.25) is 0 Å². The zero-order valence-electron chi connectivity index (χ0n) is 20.9. The summed E-state index contributed by atoms with van der Waals surface area (Å²) in [5, 5.41) is 21.3. The summed E-state index contributed by atoms with van der Waals surface area (Å²) in [6.07, 6.45) is 12.2. The minimum Gasteiger partial charge on any atom is -0.390 e. The van der Waals surface area contributed by atoms with Gasteiger partial charge in [-0.05, 0) is 108 Å². The maximum absolute atomic E-state index is 10.7. The molecule has 4 fully saturated rings. The monoisotopic (exact) mass is 426 g/mol. The highest BCUT2D eigenvalue weighted by Crippen LogP contribution is 2.74. The minimum absolute atomic E-state index is 0.0281. The van der Waals surface area contributed by atoms with Gasteiger partial charge >= 0.3 is 0 Å². The quantitative estimate of drug-likeness (QED) is 0.425. The first-order chi connectivity index (χ1) is 14.3. The summed E-state index contributed by atoms with van der Waals surface area (Å²) in [4.78, 5) is 0. The van der Waals surface area contributed by atoms with Crippen molar-refractivity contribution in [3.8, 4) is 0 Å². The maximum atomic E-state index is 10.7. The molecule has 0 bridgehead atoms. The molecule has 0 amide bonds. The number of rotatable bonds is 0. The Bertz CT molecular complexity index is 825. The number of fused-ring (bicyclic) bond motifs is 7. The van der Waals surface area contributed by atoms with Gasteiger partial charge in [-0.15, -0.1) is 0 Å². The Hall–Kier alpha value is -0.600. The van der Waals surface area contributed by atoms with Crippen LogP contribution in [0, 0.1) is 44.8 Å². The molecule has 0 spiro atoms. The fourth-order valence-corrected chi connectivity index (χ4v) is 9.79. The second-order valence-corrected chi connectivity index (χ2v) is 14.2. The smallest absolute Gasteiger partial charge is 0.101 e. The molecular formula is C29H46O2. The molecule has 0 aromatic carbocycles. The Balaban J connectivity index is 1.58. The van der Waals surface area contributed by atoms with Crippen molar-refractivity contribution in [2.75, 3.05) is 0 Å². The van der Waals surface area contributed by atoms with Gasteiger partial charge in [0.15, 0.2) is 0 Å². The average molecular weight is 427 g/mol.